The van der Waals surface area contributed by atoms with E-state index < -0.39 is 17.1 Å². The number of halogens is 3. The second-order valence-corrected chi connectivity index (χ2v) is 5.08. The first-order valence-electron chi connectivity index (χ1n) is 4.35. The summed E-state index contributed by atoms with van der Waals surface area (Å²) in [6.45, 7) is 0. The summed E-state index contributed by atoms with van der Waals surface area (Å²) in [5, 5.41) is 0. The van der Waals surface area contributed by atoms with E-state index in [4.69, 9.17) is 5.73 Å². The number of hydrogen-bond donors (Lipinski definition) is 1. The molecule has 2 N–H and O–H groups in total. The van der Waals surface area contributed by atoms with E-state index in [0.717, 1.165) is 0 Å². The van der Waals surface area contributed by atoms with E-state index in [1.54, 1.807) is 0 Å². The van der Waals surface area contributed by atoms with Gasteiger partial charge in [-0.25, -0.2) is 4.39 Å². The van der Waals surface area contributed by atoms with Crippen LogP contribution in [0.4, 0.5) is 13.2 Å². The minimum absolute atomic E-state index is 0.0485. The van der Waals surface area contributed by atoms with Gasteiger partial charge in [0.1, 0.15) is 17.8 Å². The monoisotopic (exact) mass is 283 g/mol. The number of benzene rings is 1. The maximum Gasteiger partial charge on any atom is 0.338 e. The Labute approximate surface area is 102 Å². The molecule has 0 aliphatic heterocycles. The minimum atomic E-state index is -3.10. The Hall–Kier alpha value is -0.940. The topological polar surface area (TPSA) is 52.3 Å². The molecule has 0 aliphatic carbocycles. The third-order valence-electron chi connectivity index (χ3n) is 1.67. The molecule has 2 atom stereocenters. The van der Waals surface area contributed by atoms with Gasteiger partial charge in [-0.1, -0.05) is 12.1 Å². The van der Waals surface area contributed by atoms with E-state index in [-0.39, 0.29) is 23.4 Å². The van der Waals surface area contributed by atoms with Crippen molar-refractivity contribution in [2.75, 3.05) is 0 Å². The highest BCUT2D eigenvalue weighted by Crippen LogP contribution is 2.37. The fourth-order valence-electron chi connectivity index (χ4n) is 0.960. The molecule has 0 bridgehead atoms. The van der Waals surface area contributed by atoms with Crippen molar-refractivity contribution in [1.29, 1.82) is 0 Å². The van der Waals surface area contributed by atoms with Gasteiger partial charge >= 0.3 is 5.00 Å². The first-order chi connectivity index (χ1) is 7.79. The molecule has 1 aromatic carbocycles. The molecule has 8 heteroatoms. The van der Waals surface area contributed by atoms with Crippen molar-refractivity contribution in [2.45, 2.75) is 11.2 Å². The van der Waals surface area contributed by atoms with Crippen LogP contribution in [0, 0.1) is 0 Å². The molecule has 0 spiro atoms. The highest BCUT2D eigenvalue weighted by Gasteiger charge is 2.24. The highest BCUT2D eigenvalue weighted by molar-refractivity contribution is 7.99. The van der Waals surface area contributed by atoms with Crippen molar-refractivity contribution in [3.63, 3.8) is 0 Å². The second kappa shape index (κ2) is 5.60. The van der Waals surface area contributed by atoms with E-state index in [1.165, 1.54) is 33.5 Å². The Balaban J connectivity index is 2.65. The SMILES string of the molecule is NC(=O)C(F)c1ccc(OSC(F)(F)P)cc1. The maximum atomic E-state index is 13.1. The summed E-state index contributed by atoms with van der Waals surface area (Å²) in [6, 6.07) is 5.03. The normalized spacial score (nSPS) is 13.2. The van der Waals surface area contributed by atoms with Gasteiger partial charge in [-0.2, -0.15) is 8.78 Å². The Bertz CT molecular complexity index is 396. The molecule has 94 valence electrons. The summed E-state index contributed by atoms with van der Waals surface area (Å²) >= 11 is -0.0485. The largest absolute Gasteiger partial charge is 0.419 e. The van der Waals surface area contributed by atoms with Crippen LogP contribution in [0.15, 0.2) is 24.3 Å². The summed E-state index contributed by atoms with van der Waals surface area (Å²) in [7, 11) is 1.31. The molecule has 0 fully saturated rings. The minimum Gasteiger partial charge on any atom is -0.419 e. The Morgan fingerprint density at radius 2 is 1.94 bits per heavy atom. The molecule has 0 aromatic heterocycles. The zero-order valence-corrected chi connectivity index (χ0v) is 10.4. The van der Waals surface area contributed by atoms with Crippen molar-refractivity contribution in [2.24, 2.45) is 5.73 Å². The molecule has 0 heterocycles. The van der Waals surface area contributed by atoms with E-state index in [0.29, 0.717) is 0 Å². The van der Waals surface area contributed by atoms with Gasteiger partial charge < -0.3 is 9.92 Å². The molecular formula is C9H9F3NO2PS. The van der Waals surface area contributed by atoms with E-state index in [1.807, 2.05) is 0 Å². The summed E-state index contributed by atoms with van der Waals surface area (Å²) in [5.74, 6) is -0.984. The predicted octanol–water partition coefficient (Wildman–Crippen LogP) is 2.63. The van der Waals surface area contributed by atoms with Crippen molar-refractivity contribution in [3.8, 4) is 5.75 Å². The lowest BCUT2D eigenvalue weighted by atomic mass is 10.1. The molecule has 0 saturated heterocycles. The van der Waals surface area contributed by atoms with Crippen LogP contribution in [0.1, 0.15) is 11.7 Å². The van der Waals surface area contributed by atoms with Gasteiger partial charge in [-0.3, -0.25) is 4.79 Å². The lowest BCUT2D eigenvalue weighted by Gasteiger charge is -2.10. The third-order valence-corrected chi connectivity index (χ3v) is 2.46. The zero-order valence-electron chi connectivity index (χ0n) is 8.40. The zero-order chi connectivity index (χ0) is 13.1. The Morgan fingerprint density at radius 1 is 1.41 bits per heavy atom. The molecule has 3 nitrogen and oxygen atoms in total. The Morgan fingerprint density at radius 3 is 2.35 bits per heavy atom. The van der Waals surface area contributed by atoms with Crippen LogP contribution < -0.4 is 9.92 Å². The second-order valence-electron chi connectivity index (χ2n) is 3.06. The first kappa shape index (κ1) is 14.1. The average molecular weight is 283 g/mol. The van der Waals surface area contributed by atoms with Gasteiger partial charge in [0.2, 0.25) is 6.17 Å². The smallest absolute Gasteiger partial charge is 0.338 e. The molecule has 1 aromatic rings. The van der Waals surface area contributed by atoms with Crippen LogP contribution in [0.5, 0.6) is 5.75 Å². The first-order valence-corrected chi connectivity index (χ1v) is 5.67. The van der Waals surface area contributed by atoms with Crippen LogP contribution in [0.25, 0.3) is 0 Å². The maximum absolute atomic E-state index is 13.1. The van der Waals surface area contributed by atoms with Crippen LogP contribution in [-0.2, 0) is 4.79 Å². The van der Waals surface area contributed by atoms with Crippen molar-refractivity contribution < 1.29 is 22.1 Å². The van der Waals surface area contributed by atoms with Gasteiger partial charge in [0, 0.05) is 0 Å². The molecule has 0 saturated carbocycles. The lowest BCUT2D eigenvalue weighted by molar-refractivity contribution is -0.122. The van der Waals surface area contributed by atoms with E-state index in [9.17, 15) is 18.0 Å². The van der Waals surface area contributed by atoms with Crippen molar-refractivity contribution >= 4 is 27.2 Å². The van der Waals surface area contributed by atoms with Crippen LogP contribution in [-0.4, -0.2) is 10.9 Å². The molecular weight excluding hydrogens is 274 g/mol. The van der Waals surface area contributed by atoms with Gasteiger partial charge in [0.05, 0.1) is 0 Å². The lowest BCUT2D eigenvalue weighted by Crippen LogP contribution is -2.17. The molecule has 0 radical (unpaired) electrons. The van der Waals surface area contributed by atoms with Gasteiger partial charge in [-0.05, 0) is 26.9 Å². The highest BCUT2D eigenvalue weighted by atomic mass is 32.2. The fourth-order valence-corrected chi connectivity index (χ4v) is 1.42. The van der Waals surface area contributed by atoms with Crippen molar-refractivity contribution in [1.82, 2.24) is 0 Å². The molecule has 0 aliphatic rings. The quantitative estimate of drug-likeness (QED) is 0.667. The molecule has 17 heavy (non-hydrogen) atoms. The molecule has 2 unspecified atom stereocenters. The van der Waals surface area contributed by atoms with Gasteiger partial charge in [0.15, 0.2) is 0 Å². The summed E-state index contributed by atoms with van der Waals surface area (Å²) in [5.41, 5.74) is 4.82. The van der Waals surface area contributed by atoms with E-state index in [2.05, 4.69) is 4.18 Å². The Kier molecular flexibility index (Phi) is 4.65. The number of carbonyl (C=O) groups excluding carboxylic acids is 1. The summed E-state index contributed by atoms with van der Waals surface area (Å²) in [6.07, 6.45) is -1.92. The predicted molar refractivity (Wildman–Crippen MR) is 62.4 cm³/mol. The summed E-state index contributed by atoms with van der Waals surface area (Å²) in [4.78, 5) is 7.45. The number of amides is 1. The molecule has 1 rings (SSSR count). The van der Waals surface area contributed by atoms with Crippen LogP contribution in [0.3, 0.4) is 0 Å². The number of hydrogen-bond acceptors (Lipinski definition) is 3. The van der Waals surface area contributed by atoms with E-state index >= 15 is 0 Å². The molecule has 1 amide bonds. The van der Waals surface area contributed by atoms with Gasteiger partial charge in [-0.15, -0.1) is 0 Å². The van der Waals surface area contributed by atoms with Gasteiger partial charge in [0.25, 0.3) is 5.91 Å². The average Bonchev–Trinajstić information content (AvgIpc) is 2.25. The number of primary amides is 1. The number of carbonyl (C=O) groups is 1. The van der Waals surface area contributed by atoms with Crippen LogP contribution >= 0.6 is 21.3 Å². The fraction of sp³-hybridized carbons (Fsp3) is 0.222. The number of alkyl halides is 3. The summed E-state index contributed by atoms with van der Waals surface area (Å²) < 4.78 is 42.6. The third kappa shape index (κ3) is 4.83. The number of nitrogens with two attached hydrogens (primary N) is 1. The number of rotatable bonds is 5. The standard InChI is InChI=1S/C9H9F3NO2PS/c10-7(8(13)14)5-1-3-6(4-2-5)15-17-9(11,12)16/h1-4,7H,16H2,(H2,13,14). The van der Waals surface area contributed by atoms with Crippen LogP contribution in [0.2, 0.25) is 0 Å². The van der Waals surface area contributed by atoms with Crippen molar-refractivity contribution in [3.05, 3.63) is 29.8 Å².